The predicted molar refractivity (Wildman–Crippen MR) is 58.8 cm³/mol. The molecule has 0 spiro atoms. The van der Waals surface area contributed by atoms with Gasteiger partial charge in [-0.1, -0.05) is 20.3 Å². The highest BCUT2D eigenvalue weighted by molar-refractivity contribution is 4.98. The Kier molecular flexibility index (Phi) is 3.95. The quantitative estimate of drug-likeness (QED) is 0.687. The van der Waals surface area contributed by atoms with E-state index in [1.165, 1.54) is 19.3 Å². The fourth-order valence-corrected chi connectivity index (χ4v) is 2.44. The van der Waals surface area contributed by atoms with Crippen molar-refractivity contribution in [3.63, 3.8) is 0 Å². The van der Waals surface area contributed by atoms with Crippen molar-refractivity contribution < 1.29 is 0 Å². The summed E-state index contributed by atoms with van der Waals surface area (Å²) in [6, 6.07) is 2.96. The molecule has 2 heteroatoms. The van der Waals surface area contributed by atoms with E-state index in [2.05, 4.69) is 38.9 Å². The van der Waals surface area contributed by atoms with Crippen molar-refractivity contribution in [1.82, 2.24) is 4.90 Å². The minimum absolute atomic E-state index is 0.190. The number of nitriles is 1. The van der Waals surface area contributed by atoms with E-state index >= 15 is 0 Å². The summed E-state index contributed by atoms with van der Waals surface area (Å²) in [5, 5.41) is 9.21. The maximum absolute atomic E-state index is 9.21. The van der Waals surface area contributed by atoms with Crippen LogP contribution in [0.1, 0.15) is 33.1 Å². The summed E-state index contributed by atoms with van der Waals surface area (Å²) in [5.74, 6) is 1.42. The molecule has 0 bridgehead atoms. The Balaban J connectivity index is 2.69. The Hall–Kier alpha value is -0.550. The van der Waals surface area contributed by atoms with Crippen LogP contribution < -0.4 is 0 Å². The van der Waals surface area contributed by atoms with Crippen molar-refractivity contribution in [3.05, 3.63) is 0 Å². The molecule has 0 aliphatic heterocycles. The summed E-state index contributed by atoms with van der Waals surface area (Å²) >= 11 is 0. The van der Waals surface area contributed by atoms with E-state index in [9.17, 15) is 5.26 Å². The SMILES string of the molecule is CC(C)C(C#N)C(C1CCC1)N(C)C. The van der Waals surface area contributed by atoms with Gasteiger partial charge < -0.3 is 4.90 Å². The van der Waals surface area contributed by atoms with E-state index in [1.54, 1.807) is 0 Å². The molecule has 1 rings (SSSR count). The van der Waals surface area contributed by atoms with Crippen molar-refractivity contribution >= 4 is 0 Å². The number of hydrogen-bond acceptors (Lipinski definition) is 2. The molecule has 1 saturated carbocycles. The highest BCUT2D eigenvalue weighted by Crippen LogP contribution is 2.36. The average Bonchev–Trinajstić information content (AvgIpc) is 1.99. The molecular formula is C12H22N2. The van der Waals surface area contributed by atoms with Crippen LogP contribution in [0.15, 0.2) is 0 Å². The minimum atomic E-state index is 0.190. The highest BCUT2D eigenvalue weighted by Gasteiger charge is 2.36. The summed E-state index contributed by atoms with van der Waals surface area (Å²) in [6.45, 7) is 4.31. The van der Waals surface area contributed by atoms with Gasteiger partial charge in [0.05, 0.1) is 12.0 Å². The summed E-state index contributed by atoms with van der Waals surface area (Å²) in [4.78, 5) is 2.25. The fourth-order valence-electron chi connectivity index (χ4n) is 2.44. The molecule has 0 saturated heterocycles. The van der Waals surface area contributed by atoms with E-state index in [0.29, 0.717) is 12.0 Å². The summed E-state index contributed by atoms with van der Waals surface area (Å²) < 4.78 is 0. The first-order valence-electron chi connectivity index (χ1n) is 5.64. The van der Waals surface area contributed by atoms with Crippen molar-refractivity contribution in [3.8, 4) is 6.07 Å². The smallest absolute Gasteiger partial charge is 0.0675 e. The molecule has 2 nitrogen and oxygen atoms in total. The standard InChI is InChI=1S/C12H22N2/c1-9(2)11(8-13)12(14(3)4)10-6-5-7-10/h9-12H,5-7H2,1-4H3. The Morgan fingerprint density at radius 1 is 1.29 bits per heavy atom. The normalized spacial score (nSPS) is 21.8. The zero-order valence-electron chi connectivity index (χ0n) is 9.83. The van der Waals surface area contributed by atoms with Crippen LogP contribution in [0.5, 0.6) is 0 Å². The lowest BCUT2D eigenvalue weighted by Crippen LogP contribution is -2.45. The third-order valence-corrected chi connectivity index (χ3v) is 3.46. The second-order valence-corrected chi connectivity index (χ2v) is 5.04. The van der Waals surface area contributed by atoms with Gasteiger partial charge in [-0.05, 0) is 38.8 Å². The van der Waals surface area contributed by atoms with Gasteiger partial charge in [0.2, 0.25) is 0 Å². The Morgan fingerprint density at radius 3 is 2.07 bits per heavy atom. The van der Waals surface area contributed by atoms with Crippen molar-refractivity contribution in [2.75, 3.05) is 14.1 Å². The Morgan fingerprint density at radius 2 is 1.86 bits per heavy atom. The second-order valence-electron chi connectivity index (χ2n) is 5.04. The van der Waals surface area contributed by atoms with Crippen LogP contribution in [-0.4, -0.2) is 25.0 Å². The first kappa shape index (κ1) is 11.5. The zero-order valence-corrected chi connectivity index (χ0v) is 9.83. The molecule has 0 aromatic rings. The van der Waals surface area contributed by atoms with Crippen LogP contribution in [0.3, 0.4) is 0 Å². The monoisotopic (exact) mass is 194 g/mol. The lowest BCUT2D eigenvalue weighted by atomic mass is 9.72. The van der Waals surface area contributed by atoms with E-state index in [1.807, 2.05) is 0 Å². The molecule has 0 N–H and O–H groups in total. The van der Waals surface area contributed by atoms with Gasteiger partial charge in [0.1, 0.15) is 0 Å². The summed E-state index contributed by atoms with van der Waals surface area (Å²) in [7, 11) is 4.21. The van der Waals surface area contributed by atoms with Crippen LogP contribution in [-0.2, 0) is 0 Å². The van der Waals surface area contributed by atoms with Crippen LogP contribution in [0.25, 0.3) is 0 Å². The molecular weight excluding hydrogens is 172 g/mol. The number of hydrogen-bond donors (Lipinski definition) is 0. The maximum atomic E-state index is 9.21. The molecule has 0 aromatic heterocycles. The van der Waals surface area contributed by atoms with Crippen LogP contribution >= 0.6 is 0 Å². The molecule has 2 atom stereocenters. The molecule has 0 heterocycles. The molecule has 80 valence electrons. The van der Waals surface area contributed by atoms with Crippen molar-refractivity contribution in [2.45, 2.75) is 39.2 Å². The largest absolute Gasteiger partial charge is 0.305 e. The number of rotatable bonds is 4. The fraction of sp³-hybridized carbons (Fsp3) is 0.917. The van der Waals surface area contributed by atoms with Gasteiger partial charge in [-0.2, -0.15) is 5.26 Å². The van der Waals surface area contributed by atoms with Crippen molar-refractivity contribution in [2.24, 2.45) is 17.8 Å². The number of nitrogens with zero attached hydrogens (tertiary/aromatic N) is 2. The zero-order chi connectivity index (χ0) is 10.7. The van der Waals surface area contributed by atoms with Gasteiger partial charge in [-0.3, -0.25) is 0 Å². The summed E-state index contributed by atoms with van der Waals surface area (Å²) in [6.07, 6.45) is 3.98. The molecule has 0 radical (unpaired) electrons. The molecule has 0 amide bonds. The topological polar surface area (TPSA) is 27.0 Å². The Labute approximate surface area is 87.9 Å². The van der Waals surface area contributed by atoms with Gasteiger partial charge in [0.25, 0.3) is 0 Å². The van der Waals surface area contributed by atoms with Gasteiger partial charge in [-0.25, -0.2) is 0 Å². The first-order chi connectivity index (χ1) is 6.57. The molecule has 0 aromatic carbocycles. The van der Waals surface area contributed by atoms with Crippen molar-refractivity contribution in [1.29, 1.82) is 5.26 Å². The van der Waals surface area contributed by atoms with Gasteiger partial charge in [0, 0.05) is 6.04 Å². The molecule has 1 fully saturated rings. The molecule has 1 aliphatic rings. The lowest BCUT2D eigenvalue weighted by Gasteiger charge is -2.41. The van der Waals surface area contributed by atoms with E-state index in [0.717, 1.165) is 5.92 Å². The first-order valence-corrected chi connectivity index (χ1v) is 5.64. The van der Waals surface area contributed by atoms with Gasteiger partial charge in [0.15, 0.2) is 0 Å². The van der Waals surface area contributed by atoms with Crippen LogP contribution in [0.2, 0.25) is 0 Å². The maximum Gasteiger partial charge on any atom is 0.0675 e. The molecule has 2 unspecified atom stereocenters. The van der Waals surface area contributed by atoms with Crippen LogP contribution in [0, 0.1) is 29.1 Å². The minimum Gasteiger partial charge on any atom is -0.305 e. The third-order valence-electron chi connectivity index (χ3n) is 3.46. The molecule has 14 heavy (non-hydrogen) atoms. The summed E-state index contributed by atoms with van der Waals surface area (Å²) in [5.41, 5.74) is 0. The van der Waals surface area contributed by atoms with E-state index < -0.39 is 0 Å². The molecule has 1 aliphatic carbocycles. The lowest BCUT2D eigenvalue weighted by molar-refractivity contribution is 0.0916. The highest BCUT2D eigenvalue weighted by atomic mass is 15.1. The van der Waals surface area contributed by atoms with E-state index in [-0.39, 0.29) is 5.92 Å². The van der Waals surface area contributed by atoms with Crippen LogP contribution in [0.4, 0.5) is 0 Å². The van der Waals surface area contributed by atoms with E-state index in [4.69, 9.17) is 0 Å². The predicted octanol–water partition coefficient (Wildman–Crippen LogP) is 2.51. The third kappa shape index (κ3) is 2.27. The Bertz CT molecular complexity index is 211. The average molecular weight is 194 g/mol. The second kappa shape index (κ2) is 4.79. The van der Waals surface area contributed by atoms with Gasteiger partial charge >= 0.3 is 0 Å². The van der Waals surface area contributed by atoms with Gasteiger partial charge in [-0.15, -0.1) is 0 Å².